The number of hydrogen-bond donors (Lipinski definition) is 1. The molecule has 0 unspecified atom stereocenters. The monoisotopic (exact) mass is 290 g/mol. The van der Waals surface area contributed by atoms with E-state index in [9.17, 15) is 4.79 Å². The Morgan fingerprint density at radius 2 is 2.10 bits per heavy atom. The first-order chi connectivity index (χ1) is 9.69. The lowest BCUT2D eigenvalue weighted by atomic mass is 10.1. The molecule has 2 aromatic rings. The van der Waals surface area contributed by atoms with Gasteiger partial charge in [0.1, 0.15) is 0 Å². The first-order valence-electron chi connectivity index (χ1n) is 6.48. The third kappa shape index (κ3) is 4.15. The molecule has 0 fully saturated rings. The van der Waals surface area contributed by atoms with E-state index >= 15 is 0 Å². The fourth-order valence-corrected chi connectivity index (χ4v) is 2.50. The second-order valence-electron chi connectivity index (χ2n) is 4.47. The summed E-state index contributed by atoms with van der Waals surface area (Å²) in [5.74, 6) is -0.302. The van der Waals surface area contributed by atoms with Crippen LogP contribution < -0.4 is 5.32 Å². The van der Waals surface area contributed by atoms with Gasteiger partial charge in [-0.2, -0.15) is 0 Å². The van der Waals surface area contributed by atoms with Crippen molar-refractivity contribution in [2.75, 3.05) is 13.7 Å². The van der Waals surface area contributed by atoms with Gasteiger partial charge in [-0.15, -0.1) is 11.3 Å². The Morgan fingerprint density at radius 3 is 2.70 bits per heavy atom. The van der Waals surface area contributed by atoms with Crippen molar-refractivity contribution < 1.29 is 9.53 Å². The van der Waals surface area contributed by atoms with E-state index in [-0.39, 0.29) is 5.97 Å². The number of esters is 1. The molecule has 4 nitrogen and oxygen atoms in total. The highest BCUT2D eigenvalue weighted by Crippen LogP contribution is 2.08. The molecule has 20 heavy (non-hydrogen) atoms. The van der Waals surface area contributed by atoms with Gasteiger partial charge >= 0.3 is 5.97 Å². The zero-order valence-corrected chi connectivity index (χ0v) is 12.5. The molecular formula is C15H18N2O2S. The summed E-state index contributed by atoms with van der Waals surface area (Å²) in [6.45, 7) is 3.69. The highest BCUT2D eigenvalue weighted by molar-refractivity contribution is 7.09. The molecule has 0 aliphatic heterocycles. The SMILES string of the molecule is COC(=O)c1ccc(CNCCc2csc(C)n2)cc1. The molecule has 0 amide bonds. The molecular weight excluding hydrogens is 272 g/mol. The molecule has 2 rings (SSSR count). The average Bonchev–Trinajstić information content (AvgIpc) is 2.89. The molecule has 0 atom stereocenters. The van der Waals surface area contributed by atoms with Crippen molar-refractivity contribution in [3.8, 4) is 0 Å². The maximum absolute atomic E-state index is 11.3. The molecule has 1 heterocycles. The molecule has 1 N–H and O–H groups in total. The Labute approximate surface area is 122 Å². The van der Waals surface area contributed by atoms with Crippen LogP contribution in [0.5, 0.6) is 0 Å². The number of methoxy groups -OCH3 is 1. The first kappa shape index (κ1) is 14.7. The van der Waals surface area contributed by atoms with Crippen LogP contribution in [0.25, 0.3) is 0 Å². The number of benzene rings is 1. The lowest BCUT2D eigenvalue weighted by Gasteiger charge is -2.05. The van der Waals surface area contributed by atoms with E-state index in [0.717, 1.165) is 35.8 Å². The van der Waals surface area contributed by atoms with Crippen LogP contribution in [0.3, 0.4) is 0 Å². The van der Waals surface area contributed by atoms with Gasteiger partial charge in [0, 0.05) is 24.9 Å². The summed E-state index contributed by atoms with van der Waals surface area (Å²) in [5.41, 5.74) is 2.86. The summed E-state index contributed by atoms with van der Waals surface area (Å²) < 4.78 is 4.67. The third-order valence-electron chi connectivity index (χ3n) is 2.93. The van der Waals surface area contributed by atoms with Crippen LogP contribution in [-0.4, -0.2) is 24.6 Å². The van der Waals surface area contributed by atoms with Crippen molar-refractivity contribution in [2.45, 2.75) is 19.9 Å². The number of nitrogens with zero attached hydrogens (tertiary/aromatic N) is 1. The van der Waals surface area contributed by atoms with Gasteiger partial charge in [0.25, 0.3) is 0 Å². The topological polar surface area (TPSA) is 51.2 Å². The van der Waals surface area contributed by atoms with Gasteiger partial charge < -0.3 is 10.1 Å². The summed E-state index contributed by atoms with van der Waals surface area (Å²) in [6, 6.07) is 7.44. The minimum absolute atomic E-state index is 0.302. The fourth-order valence-electron chi connectivity index (χ4n) is 1.85. The van der Waals surface area contributed by atoms with Gasteiger partial charge in [-0.05, 0) is 24.6 Å². The summed E-state index contributed by atoms with van der Waals surface area (Å²) in [5, 5.41) is 6.58. The van der Waals surface area contributed by atoms with Crippen LogP contribution in [0.2, 0.25) is 0 Å². The minimum Gasteiger partial charge on any atom is -0.465 e. The number of rotatable bonds is 6. The zero-order valence-electron chi connectivity index (χ0n) is 11.7. The maximum Gasteiger partial charge on any atom is 0.337 e. The predicted molar refractivity (Wildman–Crippen MR) is 80.0 cm³/mol. The molecule has 0 radical (unpaired) electrons. The van der Waals surface area contributed by atoms with Gasteiger partial charge in [-0.1, -0.05) is 12.1 Å². The minimum atomic E-state index is -0.302. The molecule has 1 aromatic carbocycles. The molecule has 5 heteroatoms. The first-order valence-corrected chi connectivity index (χ1v) is 7.36. The van der Waals surface area contributed by atoms with E-state index < -0.39 is 0 Å². The zero-order chi connectivity index (χ0) is 14.4. The lowest BCUT2D eigenvalue weighted by molar-refractivity contribution is 0.0600. The summed E-state index contributed by atoms with van der Waals surface area (Å²) >= 11 is 1.68. The standard InChI is InChI=1S/C15H18N2O2S/c1-11-17-14(10-20-11)7-8-16-9-12-3-5-13(6-4-12)15(18)19-2/h3-6,10,16H,7-9H2,1-2H3. The smallest absolute Gasteiger partial charge is 0.337 e. The predicted octanol–water partition coefficient (Wildman–Crippen LogP) is 2.57. The second-order valence-corrected chi connectivity index (χ2v) is 5.54. The number of thiazole rings is 1. The highest BCUT2D eigenvalue weighted by atomic mass is 32.1. The number of nitrogens with one attached hydrogen (secondary N) is 1. The Hall–Kier alpha value is -1.72. The highest BCUT2D eigenvalue weighted by Gasteiger charge is 2.04. The van der Waals surface area contributed by atoms with Gasteiger partial charge in [0.15, 0.2) is 0 Å². The van der Waals surface area contributed by atoms with Crippen molar-refractivity contribution in [3.63, 3.8) is 0 Å². The van der Waals surface area contributed by atoms with Crippen LogP contribution in [0, 0.1) is 6.92 Å². The molecule has 1 aromatic heterocycles. The van der Waals surface area contributed by atoms with Gasteiger partial charge in [0.2, 0.25) is 0 Å². The van der Waals surface area contributed by atoms with E-state index in [1.807, 2.05) is 19.1 Å². The van der Waals surface area contributed by atoms with Crippen LogP contribution in [-0.2, 0) is 17.7 Å². The van der Waals surface area contributed by atoms with Crippen LogP contribution in [0.4, 0.5) is 0 Å². The van der Waals surface area contributed by atoms with Crippen molar-refractivity contribution in [1.82, 2.24) is 10.3 Å². The van der Waals surface area contributed by atoms with E-state index in [4.69, 9.17) is 0 Å². The Bertz CT molecular complexity index is 564. The quantitative estimate of drug-likeness (QED) is 0.656. The van der Waals surface area contributed by atoms with Crippen molar-refractivity contribution >= 4 is 17.3 Å². The fraction of sp³-hybridized carbons (Fsp3) is 0.333. The van der Waals surface area contributed by atoms with E-state index in [1.54, 1.807) is 23.5 Å². The molecule has 0 bridgehead atoms. The number of carbonyl (C=O) groups is 1. The van der Waals surface area contributed by atoms with Gasteiger partial charge in [0.05, 0.1) is 23.4 Å². The molecule has 0 spiro atoms. The van der Waals surface area contributed by atoms with Gasteiger partial charge in [-0.25, -0.2) is 9.78 Å². The number of aryl methyl sites for hydroxylation is 1. The normalized spacial score (nSPS) is 10.5. The number of ether oxygens (including phenoxy) is 1. The van der Waals surface area contributed by atoms with Crippen LogP contribution >= 0.6 is 11.3 Å². The van der Waals surface area contributed by atoms with Crippen molar-refractivity contribution in [1.29, 1.82) is 0 Å². The largest absolute Gasteiger partial charge is 0.465 e. The Morgan fingerprint density at radius 1 is 1.35 bits per heavy atom. The third-order valence-corrected chi connectivity index (χ3v) is 3.75. The van der Waals surface area contributed by atoms with Gasteiger partial charge in [-0.3, -0.25) is 0 Å². The summed E-state index contributed by atoms with van der Waals surface area (Å²) in [6.07, 6.45) is 0.935. The van der Waals surface area contributed by atoms with E-state index in [2.05, 4.69) is 20.4 Å². The number of hydrogen-bond acceptors (Lipinski definition) is 5. The molecule has 0 saturated carbocycles. The number of aromatic nitrogens is 1. The second kappa shape index (κ2) is 7.17. The van der Waals surface area contributed by atoms with E-state index in [1.165, 1.54) is 7.11 Å². The Kier molecular flexibility index (Phi) is 5.26. The molecule has 0 aliphatic rings. The van der Waals surface area contributed by atoms with Crippen LogP contribution in [0.15, 0.2) is 29.6 Å². The molecule has 0 saturated heterocycles. The molecule has 0 aliphatic carbocycles. The van der Waals surface area contributed by atoms with Crippen molar-refractivity contribution in [3.05, 3.63) is 51.5 Å². The lowest BCUT2D eigenvalue weighted by Crippen LogP contribution is -2.16. The molecule has 106 valence electrons. The van der Waals surface area contributed by atoms with Crippen LogP contribution in [0.1, 0.15) is 26.6 Å². The van der Waals surface area contributed by atoms with E-state index in [0.29, 0.717) is 5.56 Å². The summed E-state index contributed by atoms with van der Waals surface area (Å²) in [7, 11) is 1.39. The summed E-state index contributed by atoms with van der Waals surface area (Å²) in [4.78, 5) is 15.7. The van der Waals surface area contributed by atoms with Crippen molar-refractivity contribution in [2.24, 2.45) is 0 Å². The average molecular weight is 290 g/mol. The Balaban J connectivity index is 1.75. The maximum atomic E-state index is 11.3. The number of carbonyl (C=O) groups excluding carboxylic acids is 1.